The summed E-state index contributed by atoms with van der Waals surface area (Å²) in [4.78, 5) is 34.5. The SMILES string of the molecule is CC(C)(C)OC(=O)N1[C@@H]2CC[C@H]1CN(c1nc(OCC34CCCN3C(CO[Si](C)(C)C(C)(C)C)CC4)nc3c(F)c(-c4cccc5cccc(Cl)c45)ncc13)C2. The number of hydrogen-bond donors (Lipinski definition) is 0. The highest BCUT2D eigenvalue weighted by atomic mass is 35.5. The smallest absolute Gasteiger partial charge is 0.410 e. The topological polar surface area (TPSA) is 93.2 Å². The number of nitrogens with zero attached hydrogens (tertiary/aromatic N) is 6. The number of carbonyl (C=O) groups excluding carboxylic acids is 1. The van der Waals surface area contributed by atoms with Crippen LogP contribution in [0.5, 0.6) is 6.01 Å². The Morgan fingerprint density at radius 3 is 2.41 bits per heavy atom. The molecule has 4 saturated heterocycles. The number of hydrogen-bond acceptors (Lipinski definition) is 9. The molecule has 0 aliphatic carbocycles. The van der Waals surface area contributed by atoms with E-state index in [1.54, 1.807) is 6.20 Å². The largest absolute Gasteiger partial charge is 0.461 e. The maximum absolute atomic E-state index is 17.1. The second-order valence-corrected chi connectivity index (χ2v) is 24.1. The van der Waals surface area contributed by atoms with Crippen LogP contribution in [0.25, 0.3) is 32.9 Å². The molecule has 8 rings (SSSR count). The first-order valence-electron chi connectivity index (χ1n) is 20.3. The molecule has 0 N–H and O–H groups in total. The first-order chi connectivity index (χ1) is 26.4. The van der Waals surface area contributed by atoms with Crippen LogP contribution in [-0.4, -0.2) is 101 Å². The molecular weight excluding hydrogens is 747 g/mol. The van der Waals surface area contributed by atoms with Crippen molar-refractivity contribution < 1.29 is 23.1 Å². The Hall–Kier alpha value is -3.58. The van der Waals surface area contributed by atoms with E-state index in [2.05, 4.69) is 43.7 Å². The molecule has 2 aromatic heterocycles. The van der Waals surface area contributed by atoms with Crippen LogP contribution in [0.15, 0.2) is 42.6 Å². The molecule has 6 heterocycles. The Morgan fingerprint density at radius 2 is 1.71 bits per heavy atom. The van der Waals surface area contributed by atoms with Crippen LogP contribution < -0.4 is 9.64 Å². The molecule has 4 aromatic rings. The third kappa shape index (κ3) is 7.13. The number of ether oxygens (including phenoxy) is 2. The van der Waals surface area contributed by atoms with Crippen molar-refractivity contribution >= 4 is 53.5 Å². The minimum atomic E-state index is -1.90. The number of carbonyl (C=O) groups is 1. The lowest BCUT2D eigenvalue weighted by Crippen LogP contribution is -2.57. The molecule has 2 bridgehead atoms. The fourth-order valence-corrected chi connectivity index (χ4v) is 10.5. The zero-order valence-corrected chi connectivity index (χ0v) is 35.9. The van der Waals surface area contributed by atoms with E-state index in [0.717, 1.165) is 62.4 Å². The zero-order valence-electron chi connectivity index (χ0n) is 34.1. The van der Waals surface area contributed by atoms with Crippen molar-refractivity contribution in [2.45, 2.75) is 127 Å². The predicted molar refractivity (Wildman–Crippen MR) is 223 cm³/mol. The van der Waals surface area contributed by atoms with Gasteiger partial charge in [-0.15, -0.1) is 0 Å². The van der Waals surface area contributed by atoms with Gasteiger partial charge in [0.2, 0.25) is 0 Å². The van der Waals surface area contributed by atoms with Gasteiger partial charge in [-0.05, 0) is 95.4 Å². The van der Waals surface area contributed by atoms with Gasteiger partial charge >= 0.3 is 12.1 Å². The Bertz CT molecular complexity index is 2140. The van der Waals surface area contributed by atoms with E-state index in [4.69, 9.17) is 40.5 Å². The average molecular weight is 803 g/mol. The van der Waals surface area contributed by atoms with E-state index >= 15 is 4.39 Å². The summed E-state index contributed by atoms with van der Waals surface area (Å²) >= 11 is 6.71. The Morgan fingerprint density at radius 1 is 1.00 bits per heavy atom. The van der Waals surface area contributed by atoms with Crippen molar-refractivity contribution in [2.24, 2.45) is 0 Å². The van der Waals surface area contributed by atoms with E-state index in [-0.39, 0.29) is 46.0 Å². The second kappa shape index (κ2) is 14.4. The molecule has 0 radical (unpaired) electrons. The van der Waals surface area contributed by atoms with Crippen LogP contribution in [0.4, 0.5) is 15.0 Å². The van der Waals surface area contributed by atoms with Crippen molar-refractivity contribution in [1.82, 2.24) is 24.8 Å². The second-order valence-electron chi connectivity index (χ2n) is 18.9. The normalized spacial score (nSPS) is 24.4. The molecule has 56 heavy (non-hydrogen) atoms. The van der Waals surface area contributed by atoms with Crippen LogP contribution >= 0.6 is 11.6 Å². The zero-order chi connectivity index (χ0) is 39.8. The van der Waals surface area contributed by atoms with E-state index in [0.29, 0.717) is 47.5 Å². The number of piperazine rings is 1. The van der Waals surface area contributed by atoms with E-state index < -0.39 is 19.7 Å². The molecule has 13 heteroatoms. The molecule has 300 valence electrons. The lowest BCUT2D eigenvalue weighted by Gasteiger charge is -2.42. The van der Waals surface area contributed by atoms with Crippen molar-refractivity contribution in [1.29, 1.82) is 0 Å². The van der Waals surface area contributed by atoms with Crippen molar-refractivity contribution in [2.75, 3.05) is 37.7 Å². The monoisotopic (exact) mass is 802 g/mol. The van der Waals surface area contributed by atoms with Crippen LogP contribution in [0.2, 0.25) is 23.2 Å². The maximum atomic E-state index is 17.1. The van der Waals surface area contributed by atoms with Crippen molar-refractivity contribution in [3.63, 3.8) is 0 Å². The molecular formula is C43H56ClFN6O4Si. The molecule has 1 amide bonds. The Kier molecular flexibility index (Phi) is 10.1. The number of halogens is 2. The number of pyridine rings is 1. The fourth-order valence-electron chi connectivity index (χ4n) is 9.21. The van der Waals surface area contributed by atoms with Gasteiger partial charge in [0.25, 0.3) is 0 Å². The lowest BCUT2D eigenvalue weighted by molar-refractivity contribution is 0.0122. The first-order valence-corrected chi connectivity index (χ1v) is 23.6. The summed E-state index contributed by atoms with van der Waals surface area (Å²) in [6.07, 6.45) is 7.23. The average Bonchev–Trinajstić information content (AvgIpc) is 3.78. The summed E-state index contributed by atoms with van der Waals surface area (Å²) in [5, 5.41) is 2.80. The molecule has 0 saturated carbocycles. The van der Waals surface area contributed by atoms with Gasteiger partial charge < -0.3 is 18.8 Å². The lowest BCUT2D eigenvalue weighted by atomic mass is 9.95. The van der Waals surface area contributed by atoms with Gasteiger partial charge in [0.05, 0.1) is 23.0 Å². The highest BCUT2D eigenvalue weighted by molar-refractivity contribution is 6.74. The number of amides is 1. The predicted octanol–water partition coefficient (Wildman–Crippen LogP) is 9.62. The van der Waals surface area contributed by atoms with Gasteiger partial charge in [-0.1, -0.05) is 62.7 Å². The molecule has 2 aromatic carbocycles. The molecule has 4 aliphatic rings. The number of anilines is 1. The van der Waals surface area contributed by atoms with Crippen LogP contribution in [0, 0.1) is 5.82 Å². The van der Waals surface area contributed by atoms with Crippen LogP contribution in [0.3, 0.4) is 0 Å². The van der Waals surface area contributed by atoms with Crippen LogP contribution in [0.1, 0.15) is 80.1 Å². The maximum Gasteiger partial charge on any atom is 0.410 e. The summed E-state index contributed by atoms with van der Waals surface area (Å²) in [7, 11) is -1.90. The number of benzene rings is 2. The van der Waals surface area contributed by atoms with Gasteiger partial charge in [-0.3, -0.25) is 14.8 Å². The van der Waals surface area contributed by atoms with E-state index in [9.17, 15) is 4.79 Å². The van der Waals surface area contributed by atoms with Crippen molar-refractivity contribution in [3.05, 3.63) is 53.4 Å². The quantitative estimate of drug-likeness (QED) is 0.162. The Balaban J connectivity index is 1.13. The van der Waals surface area contributed by atoms with Gasteiger partial charge in [0, 0.05) is 47.9 Å². The van der Waals surface area contributed by atoms with E-state index in [1.807, 2.05) is 62.1 Å². The summed E-state index contributed by atoms with van der Waals surface area (Å²) in [5.41, 5.74) is 0.163. The minimum Gasteiger partial charge on any atom is -0.461 e. The van der Waals surface area contributed by atoms with Gasteiger partial charge in [0.15, 0.2) is 14.1 Å². The molecule has 10 nitrogen and oxygen atoms in total. The minimum absolute atomic E-state index is 0.0669. The Labute approximate surface area is 336 Å². The highest BCUT2D eigenvalue weighted by Crippen LogP contribution is 2.45. The third-order valence-electron chi connectivity index (χ3n) is 13.1. The summed E-state index contributed by atoms with van der Waals surface area (Å²) in [5.74, 6) is 0.00985. The number of fused-ring (bicyclic) bond motifs is 5. The number of aromatic nitrogens is 3. The molecule has 4 fully saturated rings. The highest BCUT2D eigenvalue weighted by Gasteiger charge is 2.51. The third-order valence-corrected chi connectivity index (χ3v) is 17.9. The van der Waals surface area contributed by atoms with Gasteiger partial charge in [0.1, 0.15) is 29.2 Å². The van der Waals surface area contributed by atoms with Crippen molar-refractivity contribution in [3.8, 4) is 17.3 Å². The molecule has 2 unspecified atom stereocenters. The first kappa shape index (κ1) is 39.3. The molecule has 4 aliphatic heterocycles. The number of rotatable bonds is 8. The summed E-state index contributed by atoms with van der Waals surface area (Å²) in [6, 6.07) is 11.7. The van der Waals surface area contributed by atoms with Crippen LogP contribution in [-0.2, 0) is 9.16 Å². The fraction of sp³-hybridized carbons (Fsp3) is 0.581. The molecule has 0 spiro atoms. The summed E-state index contributed by atoms with van der Waals surface area (Å²) < 4.78 is 36.3. The summed E-state index contributed by atoms with van der Waals surface area (Å²) in [6.45, 7) is 20.3. The van der Waals surface area contributed by atoms with Gasteiger partial charge in [-0.25, -0.2) is 9.18 Å². The standard InChI is InChI=1S/C43H56ClFN6O4Si/c1-41(2,3)55-40(52)51-28-16-17-29(51)24-49(23-28)38-32-22-46-36(31-14-9-12-27-13-10-15-33(44)34(27)31)35(45)37(32)47-39(48-38)53-26-43-19-11-21-50(43)30(18-20-43)25-54-56(7,8)42(4,5)6/h9-10,12-15,22,28-30H,11,16-21,23-26H2,1-8H3/t28-,29+,30?,43?. The molecule has 4 atom stereocenters. The van der Waals surface area contributed by atoms with Gasteiger partial charge in [-0.2, -0.15) is 9.97 Å². The van der Waals surface area contributed by atoms with E-state index in [1.165, 1.54) is 0 Å².